The standard InChI is InChI=1S/C12H18N2O/c1-15-9-8-14-7-4-12(10-14)11-2-5-13-6-3-11/h2-3,5-6,12H,4,7-10H2,1H3/t12-/m0/s1. The molecule has 1 atom stereocenters. The van der Waals surface area contributed by atoms with Crippen molar-refractivity contribution in [1.29, 1.82) is 0 Å². The molecule has 0 bridgehead atoms. The van der Waals surface area contributed by atoms with E-state index >= 15 is 0 Å². The number of likely N-dealkylation sites (tertiary alicyclic amines) is 1. The van der Waals surface area contributed by atoms with Gasteiger partial charge in [0.05, 0.1) is 6.61 Å². The van der Waals surface area contributed by atoms with Gasteiger partial charge in [-0.2, -0.15) is 0 Å². The zero-order valence-corrected chi connectivity index (χ0v) is 9.22. The minimum Gasteiger partial charge on any atom is -0.383 e. The average Bonchev–Trinajstić information content (AvgIpc) is 2.76. The van der Waals surface area contributed by atoms with E-state index in [4.69, 9.17) is 4.74 Å². The monoisotopic (exact) mass is 206 g/mol. The first-order valence-electron chi connectivity index (χ1n) is 5.51. The lowest BCUT2D eigenvalue weighted by Gasteiger charge is -2.15. The summed E-state index contributed by atoms with van der Waals surface area (Å²) in [7, 11) is 1.76. The van der Waals surface area contributed by atoms with Crippen molar-refractivity contribution in [2.45, 2.75) is 12.3 Å². The smallest absolute Gasteiger partial charge is 0.0589 e. The maximum Gasteiger partial charge on any atom is 0.0589 e. The highest BCUT2D eigenvalue weighted by Gasteiger charge is 2.22. The number of methoxy groups -OCH3 is 1. The summed E-state index contributed by atoms with van der Waals surface area (Å²) in [5, 5.41) is 0. The van der Waals surface area contributed by atoms with Crippen LogP contribution in [0.3, 0.4) is 0 Å². The average molecular weight is 206 g/mol. The highest BCUT2D eigenvalue weighted by Crippen LogP contribution is 2.26. The fraction of sp³-hybridized carbons (Fsp3) is 0.583. The van der Waals surface area contributed by atoms with Crippen molar-refractivity contribution < 1.29 is 4.74 Å². The first kappa shape index (κ1) is 10.6. The van der Waals surface area contributed by atoms with Gasteiger partial charge in [-0.15, -0.1) is 0 Å². The van der Waals surface area contributed by atoms with Gasteiger partial charge in [-0.25, -0.2) is 0 Å². The SMILES string of the molecule is COCCN1CC[C@H](c2ccncc2)C1. The molecule has 0 radical (unpaired) electrons. The fourth-order valence-corrected chi connectivity index (χ4v) is 2.16. The molecule has 1 aliphatic rings. The van der Waals surface area contributed by atoms with Gasteiger partial charge >= 0.3 is 0 Å². The molecule has 2 heterocycles. The molecule has 0 unspecified atom stereocenters. The van der Waals surface area contributed by atoms with E-state index in [9.17, 15) is 0 Å². The summed E-state index contributed by atoms with van der Waals surface area (Å²) >= 11 is 0. The number of aromatic nitrogens is 1. The van der Waals surface area contributed by atoms with Crippen LogP contribution in [0.25, 0.3) is 0 Å². The van der Waals surface area contributed by atoms with E-state index in [1.807, 2.05) is 12.4 Å². The van der Waals surface area contributed by atoms with Gasteiger partial charge in [0, 0.05) is 32.6 Å². The van der Waals surface area contributed by atoms with E-state index < -0.39 is 0 Å². The van der Waals surface area contributed by atoms with Gasteiger partial charge in [-0.1, -0.05) is 0 Å². The quantitative estimate of drug-likeness (QED) is 0.747. The van der Waals surface area contributed by atoms with Gasteiger partial charge in [0.1, 0.15) is 0 Å². The molecule has 1 saturated heterocycles. The van der Waals surface area contributed by atoms with E-state index in [1.165, 1.54) is 18.5 Å². The second kappa shape index (κ2) is 5.24. The van der Waals surface area contributed by atoms with Gasteiger partial charge in [-0.05, 0) is 36.6 Å². The van der Waals surface area contributed by atoms with Crippen LogP contribution in [-0.4, -0.2) is 43.2 Å². The molecule has 15 heavy (non-hydrogen) atoms. The second-order valence-corrected chi connectivity index (χ2v) is 4.06. The number of nitrogens with zero attached hydrogens (tertiary/aromatic N) is 2. The normalized spacial score (nSPS) is 22.1. The Hall–Kier alpha value is -0.930. The van der Waals surface area contributed by atoms with E-state index in [2.05, 4.69) is 22.0 Å². The van der Waals surface area contributed by atoms with E-state index in [0.717, 1.165) is 19.7 Å². The summed E-state index contributed by atoms with van der Waals surface area (Å²) in [6.07, 6.45) is 5.02. The Bertz CT molecular complexity index is 289. The molecule has 0 spiro atoms. The van der Waals surface area contributed by atoms with Crippen molar-refractivity contribution >= 4 is 0 Å². The lowest BCUT2D eigenvalue weighted by molar-refractivity contribution is 0.160. The molecule has 3 heteroatoms. The lowest BCUT2D eigenvalue weighted by atomic mass is 10.00. The molecule has 1 aliphatic heterocycles. The third-order valence-electron chi connectivity index (χ3n) is 3.06. The van der Waals surface area contributed by atoms with Crippen LogP contribution >= 0.6 is 0 Å². The maximum absolute atomic E-state index is 5.09. The van der Waals surface area contributed by atoms with Crippen molar-refractivity contribution in [2.24, 2.45) is 0 Å². The molecular weight excluding hydrogens is 188 g/mol. The third-order valence-corrected chi connectivity index (χ3v) is 3.06. The highest BCUT2D eigenvalue weighted by atomic mass is 16.5. The summed E-state index contributed by atoms with van der Waals surface area (Å²) in [6.45, 7) is 4.24. The maximum atomic E-state index is 5.09. The summed E-state index contributed by atoms with van der Waals surface area (Å²) in [5.74, 6) is 0.685. The predicted molar refractivity (Wildman–Crippen MR) is 59.9 cm³/mol. The number of pyridine rings is 1. The molecule has 0 N–H and O–H groups in total. The van der Waals surface area contributed by atoms with Crippen LogP contribution in [0.1, 0.15) is 17.9 Å². The first-order chi connectivity index (χ1) is 7.40. The molecule has 1 aromatic heterocycles. The molecule has 1 aromatic rings. The molecule has 82 valence electrons. The number of ether oxygens (including phenoxy) is 1. The van der Waals surface area contributed by atoms with Crippen LogP contribution in [0.4, 0.5) is 0 Å². The molecule has 0 aliphatic carbocycles. The molecule has 0 aromatic carbocycles. The Morgan fingerprint density at radius 2 is 2.27 bits per heavy atom. The van der Waals surface area contributed by atoms with Gasteiger partial charge in [0.2, 0.25) is 0 Å². The predicted octanol–water partition coefficient (Wildman–Crippen LogP) is 1.52. The van der Waals surface area contributed by atoms with Crippen molar-refractivity contribution in [3.05, 3.63) is 30.1 Å². The fourth-order valence-electron chi connectivity index (χ4n) is 2.16. The van der Waals surface area contributed by atoms with Crippen LogP contribution in [0.2, 0.25) is 0 Å². The van der Waals surface area contributed by atoms with Gasteiger partial charge in [-0.3, -0.25) is 4.98 Å². The highest BCUT2D eigenvalue weighted by molar-refractivity contribution is 5.17. The molecule has 0 saturated carbocycles. The topological polar surface area (TPSA) is 25.4 Å². The Kier molecular flexibility index (Phi) is 3.69. The second-order valence-electron chi connectivity index (χ2n) is 4.06. The largest absolute Gasteiger partial charge is 0.383 e. The van der Waals surface area contributed by atoms with Crippen molar-refractivity contribution in [2.75, 3.05) is 33.4 Å². The number of rotatable bonds is 4. The zero-order chi connectivity index (χ0) is 10.5. The molecule has 3 nitrogen and oxygen atoms in total. The van der Waals surface area contributed by atoms with Gasteiger partial charge in [0.15, 0.2) is 0 Å². The minimum atomic E-state index is 0.685. The Balaban J connectivity index is 1.87. The van der Waals surface area contributed by atoms with Gasteiger partial charge < -0.3 is 9.64 Å². The summed E-state index contributed by atoms with van der Waals surface area (Å²) < 4.78 is 5.09. The van der Waals surface area contributed by atoms with Crippen molar-refractivity contribution in [3.8, 4) is 0 Å². The summed E-state index contributed by atoms with van der Waals surface area (Å²) in [6, 6.07) is 4.26. The number of hydrogen-bond acceptors (Lipinski definition) is 3. The van der Waals surface area contributed by atoms with Crippen LogP contribution in [0.15, 0.2) is 24.5 Å². The first-order valence-corrected chi connectivity index (χ1v) is 5.51. The molecule has 0 amide bonds. The minimum absolute atomic E-state index is 0.685. The zero-order valence-electron chi connectivity index (χ0n) is 9.22. The van der Waals surface area contributed by atoms with Crippen LogP contribution in [-0.2, 0) is 4.74 Å². The van der Waals surface area contributed by atoms with Crippen LogP contribution in [0.5, 0.6) is 0 Å². The Labute approximate surface area is 91.1 Å². The third kappa shape index (κ3) is 2.76. The lowest BCUT2D eigenvalue weighted by Crippen LogP contribution is -2.24. The molecule has 1 fully saturated rings. The molecule has 2 rings (SSSR count). The molecular formula is C12H18N2O. The van der Waals surface area contributed by atoms with E-state index in [1.54, 1.807) is 7.11 Å². The van der Waals surface area contributed by atoms with Crippen LogP contribution < -0.4 is 0 Å². The summed E-state index contributed by atoms with van der Waals surface area (Å²) in [4.78, 5) is 6.52. The van der Waals surface area contributed by atoms with Gasteiger partial charge in [0.25, 0.3) is 0 Å². The van der Waals surface area contributed by atoms with E-state index in [-0.39, 0.29) is 0 Å². The number of hydrogen-bond donors (Lipinski definition) is 0. The Morgan fingerprint density at radius 3 is 3.00 bits per heavy atom. The summed E-state index contributed by atoms with van der Waals surface area (Å²) in [5.41, 5.74) is 1.42. The van der Waals surface area contributed by atoms with Crippen molar-refractivity contribution in [3.63, 3.8) is 0 Å². The Morgan fingerprint density at radius 1 is 1.47 bits per heavy atom. The van der Waals surface area contributed by atoms with E-state index in [0.29, 0.717) is 5.92 Å². The van der Waals surface area contributed by atoms with Crippen LogP contribution in [0, 0.1) is 0 Å². The van der Waals surface area contributed by atoms with Crippen molar-refractivity contribution in [1.82, 2.24) is 9.88 Å².